The predicted molar refractivity (Wildman–Crippen MR) is 80.8 cm³/mol. The molecule has 5 nitrogen and oxygen atoms in total. The minimum Gasteiger partial charge on any atom is -0.396 e. The zero-order chi connectivity index (χ0) is 14.8. The summed E-state index contributed by atoms with van der Waals surface area (Å²) in [5.74, 6) is 0.340. The molecular formula is C16H23N3O2. The second-order valence-electron chi connectivity index (χ2n) is 6.10. The quantitative estimate of drug-likeness (QED) is 0.761. The maximum absolute atomic E-state index is 12.3. The Hall–Kier alpha value is -1.59. The Morgan fingerprint density at radius 1 is 1.33 bits per heavy atom. The van der Waals surface area contributed by atoms with Crippen molar-refractivity contribution in [2.75, 3.05) is 19.7 Å². The minimum absolute atomic E-state index is 0.0227. The smallest absolute Gasteiger partial charge is 0.317 e. The molecule has 2 aliphatic rings. The lowest BCUT2D eigenvalue weighted by Crippen LogP contribution is -2.50. The third-order valence-electron chi connectivity index (χ3n) is 4.76. The molecule has 1 saturated heterocycles. The van der Waals surface area contributed by atoms with E-state index in [1.807, 2.05) is 23.1 Å². The summed E-state index contributed by atoms with van der Waals surface area (Å²) >= 11 is 0. The van der Waals surface area contributed by atoms with Crippen LogP contribution in [0.25, 0.3) is 0 Å². The van der Waals surface area contributed by atoms with E-state index in [1.54, 1.807) is 0 Å². The summed E-state index contributed by atoms with van der Waals surface area (Å²) in [7, 11) is 0. The molecule has 3 rings (SSSR count). The third kappa shape index (κ3) is 2.89. The fraction of sp³-hybridized carbons (Fsp3) is 0.562. The van der Waals surface area contributed by atoms with Crippen LogP contribution in [0.1, 0.15) is 30.0 Å². The fourth-order valence-electron chi connectivity index (χ4n) is 3.34. The van der Waals surface area contributed by atoms with E-state index in [9.17, 15) is 4.79 Å². The van der Waals surface area contributed by atoms with Crippen LogP contribution in [0.15, 0.2) is 24.3 Å². The molecule has 1 aliphatic carbocycles. The van der Waals surface area contributed by atoms with E-state index in [2.05, 4.69) is 11.4 Å². The number of carbonyl (C=O) groups excluding carboxylic acids is 1. The highest BCUT2D eigenvalue weighted by Gasteiger charge is 2.32. The van der Waals surface area contributed by atoms with Crippen LogP contribution in [0, 0.1) is 5.92 Å². The van der Waals surface area contributed by atoms with Crippen molar-refractivity contribution < 1.29 is 9.90 Å². The van der Waals surface area contributed by atoms with Crippen LogP contribution in [0.5, 0.6) is 0 Å². The first kappa shape index (κ1) is 14.4. The van der Waals surface area contributed by atoms with Gasteiger partial charge in [0.1, 0.15) is 0 Å². The number of likely N-dealkylation sites (tertiary alicyclic amines) is 1. The average molecular weight is 289 g/mol. The topological polar surface area (TPSA) is 78.6 Å². The Labute approximate surface area is 125 Å². The van der Waals surface area contributed by atoms with Gasteiger partial charge in [-0.3, -0.25) is 0 Å². The number of piperidine rings is 1. The van der Waals surface area contributed by atoms with Gasteiger partial charge in [-0.05, 0) is 36.3 Å². The van der Waals surface area contributed by atoms with Crippen LogP contribution in [0.4, 0.5) is 4.79 Å². The summed E-state index contributed by atoms with van der Waals surface area (Å²) in [6.07, 6.45) is 2.55. The minimum atomic E-state index is -0.125. The van der Waals surface area contributed by atoms with Crippen LogP contribution in [0.2, 0.25) is 0 Å². The van der Waals surface area contributed by atoms with Crippen molar-refractivity contribution >= 4 is 6.03 Å². The van der Waals surface area contributed by atoms with Crippen molar-refractivity contribution in [2.45, 2.75) is 31.3 Å². The molecule has 114 valence electrons. The number of urea groups is 1. The lowest BCUT2D eigenvalue weighted by Gasteiger charge is -2.32. The monoisotopic (exact) mass is 289 g/mol. The highest BCUT2D eigenvalue weighted by atomic mass is 16.3. The molecule has 2 amide bonds. The first-order valence-corrected chi connectivity index (χ1v) is 7.68. The maximum atomic E-state index is 12.3. The number of aliphatic hydroxyl groups excluding tert-OH is 1. The van der Waals surface area contributed by atoms with Crippen molar-refractivity contribution in [1.29, 1.82) is 0 Å². The Kier molecular flexibility index (Phi) is 4.12. The number of benzene rings is 1. The van der Waals surface area contributed by atoms with Gasteiger partial charge in [0.05, 0.1) is 12.1 Å². The third-order valence-corrected chi connectivity index (χ3v) is 4.76. The van der Waals surface area contributed by atoms with Gasteiger partial charge in [0.15, 0.2) is 0 Å². The van der Waals surface area contributed by atoms with Gasteiger partial charge in [-0.15, -0.1) is 0 Å². The van der Waals surface area contributed by atoms with E-state index in [4.69, 9.17) is 10.8 Å². The zero-order valence-corrected chi connectivity index (χ0v) is 12.2. The number of amides is 2. The second kappa shape index (κ2) is 6.03. The molecule has 21 heavy (non-hydrogen) atoms. The number of nitrogens with two attached hydrogens (primary N) is 1. The summed E-state index contributed by atoms with van der Waals surface area (Å²) in [6, 6.07) is 7.94. The van der Waals surface area contributed by atoms with Gasteiger partial charge in [-0.2, -0.15) is 0 Å². The average Bonchev–Trinajstić information content (AvgIpc) is 2.84. The van der Waals surface area contributed by atoms with Crippen LogP contribution in [0.3, 0.4) is 0 Å². The molecule has 0 unspecified atom stereocenters. The molecule has 1 aromatic carbocycles. The normalized spacial score (nSPS) is 25.7. The highest BCUT2D eigenvalue weighted by molar-refractivity contribution is 5.75. The van der Waals surface area contributed by atoms with Gasteiger partial charge in [0.25, 0.3) is 0 Å². The molecule has 1 aromatic rings. The Morgan fingerprint density at radius 3 is 2.71 bits per heavy atom. The maximum Gasteiger partial charge on any atom is 0.317 e. The summed E-state index contributed by atoms with van der Waals surface area (Å²) in [5, 5.41) is 12.2. The standard InChI is InChI=1S/C16H23N3O2/c17-15-13-4-2-1-3-12(13)9-14(15)18-16(21)19-7-5-11(10-20)6-8-19/h1-4,11,14-15,20H,5-10,17H2,(H,18,21)/t14-,15-/m1/s1. The first-order valence-electron chi connectivity index (χ1n) is 7.68. The number of carbonyl (C=O) groups is 1. The number of hydrogen-bond donors (Lipinski definition) is 3. The molecule has 1 aliphatic heterocycles. The number of nitrogens with one attached hydrogen (secondary N) is 1. The molecule has 5 heteroatoms. The van der Waals surface area contributed by atoms with Gasteiger partial charge in [0, 0.05) is 19.7 Å². The molecule has 0 aromatic heterocycles. The second-order valence-corrected chi connectivity index (χ2v) is 6.10. The number of nitrogens with zero attached hydrogens (tertiary/aromatic N) is 1. The number of fused-ring (bicyclic) bond motifs is 1. The molecule has 1 fully saturated rings. The molecule has 0 bridgehead atoms. The van der Waals surface area contributed by atoms with Crippen molar-refractivity contribution in [3.63, 3.8) is 0 Å². The van der Waals surface area contributed by atoms with Gasteiger partial charge in [0.2, 0.25) is 0 Å². The summed E-state index contributed by atoms with van der Waals surface area (Å²) in [6.45, 7) is 1.65. The zero-order valence-electron chi connectivity index (χ0n) is 12.2. The van der Waals surface area contributed by atoms with Crippen molar-refractivity contribution in [1.82, 2.24) is 10.2 Å². The fourth-order valence-corrected chi connectivity index (χ4v) is 3.34. The molecule has 4 N–H and O–H groups in total. The van der Waals surface area contributed by atoms with Crippen molar-refractivity contribution in [3.05, 3.63) is 35.4 Å². The van der Waals surface area contributed by atoms with Crippen LogP contribution in [-0.2, 0) is 6.42 Å². The van der Waals surface area contributed by atoms with E-state index in [0.29, 0.717) is 19.0 Å². The number of aliphatic hydroxyl groups is 1. The van der Waals surface area contributed by atoms with Crippen molar-refractivity contribution in [3.8, 4) is 0 Å². The number of hydrogen-bond acceptors (Lipinski definition) is 3. The summed E-state index contributed by atoms with van der Waals surface area (Å²) in [4.78, 5) is 14.2. The largest absolute Gasteiger partial charge is 0.396 e. The summed E-state index contributed by atoms with van der Waals surface area (Å²) in [5.41, 5.74) is 8.62. The van der Waals surface area contributed by atoms with Crippen LogP contribution >= 0.6 is 0 Å². The summed E-state index contributed by atoms with van der Waals surface area (Å²) < 4.78 is 0. The SMILES string of the molecule is N[C@@H]1c2ccccc2C[C@H]1NC(=O)N1CCC(CO)CC1. The van der Waals surface area contributed by atoms with E-state index in [-0.39, 0.29) is 24.7 Å². The molecule has 0 radical (unpaired) electrons. The number of rotatable bonds is 2. The molecule has 0 spiro atoms. The first-order chi connectivity index (χ1) is 10.2. The van der Waals surface area contributed by atoms with E-state index in [0.717, 1.165) is 24.8 Å². The van der Waals surface area contributed by atoms with Crippen molar-refractivity contribution in [2.24, 2.45) is 11.7 Å². The van der Waals surface area contributed by atoms with E-state index >= 15 is 0 Å². The lowest BCUT2D eigenvalue weighted by molar-refractivity contribution is 0.135. The lowest BCUT2D eigenvalue weighted by atomic mass is 9.98. The van der Waals surface area contributed by atoms with Gasteiger partial charge in [-0.1, -0.05) is 24.3 Å². The Morgan fingerprint density at radius 2 is 2.05 bits per heavy atom. The van der Waals surface area contributed by atoms with Crippen LogP contribution in [-0.4, -0.2) is 41.8 Å². The molecule has 0 saturated carbocycles. The van der Waals surface area contributed by atoms with Gasteiger partial charge >= 0.3 is 6.03 Å². The highest BCUT2D eigenvalue weighted by Crippen LogP contribution is 2.29. The predicted octanol–water partition coefficient (Wildman–Crippen LogP) is 1.02. The Balaban J connectivity index is 1.57. The van der Waals surface area contributed by atoms with E-state index in [1.165, 1.54) is 5.56 Å². The Bertz CT molecular complexity index is 512. The van der Waals surface area contributed by atoms with Crippen LogP contribution < -0.4 is 11.1 Å². The molecule has 1 heterocycles. The van der Waals surface area contributed by atoms with Gasteiger partial charge < -0.3 is 21.1 Å². The van der Waals surface area contributed by atoms with Gasteiger partial charge in [-0.25, -0.2) is 4.79 Å². The van der Waals surface area contributed by atoms with E-state index < -0.39 is 0 Å². The molecular weight excluding hydrogens is 266 g/mol. The molecule has 2 atom stereocenters.